The van der Waals surface area contributed by atoms with Crippen LogP contribution in [0, 0.1) is 5.92 Å². The minimum absolute atomic E-state index is 0.0850. The molecule has 0 bridgehead atoms. The van der Waals surface area contributed by atoms with Crippen LogP contribution in [0.2, 0.25) is 10.2 Å². The van der Waals surface area contributed by atoms with Crippen molar-refractivity contribution in [2.75, 3.05) is 13.1 Å². The van der Waals surface area contributed by atoms with Crippen molar-refractivity contribution in [3.05, 3.63) is 28.0 Å². The van der Waals surface area contributed by atoms with Crippen molar-refractivity contribution >= 4 is 35.1 Å². The van der Waals surface area contributed by atoms with Gasteiger partial charge in [-0.05, 0) is 45.7 Å². The van der Waals surface area contributed by atoms with Crippen molar-refractivity contribution in [3.8, 4) is 0 Å². The van der Waals surface area contributed by atoms with Crippen LogP contribution < -0.4 is 0 Å². The highest BCUT2D eigenvalue weighted by atomic mass is 35.5. The Morgan fingerprint density at radius 3 is 2.35 bits per heavy atom. The predicted octanol–water partition coefficient (Wildman–Crippen LogP) is 4.22. The first-order valence-corrected chi connectivity index (χ1v) is 8.26. The van der Waals surface area contributed by atoms with Crippen LogP contribution >= 0.6 is 23.2 Å². The van der Waals surface area contributed by atoms with Gasteiger partial charge in [-0.1, -0.05) is 23.2 Å². The number of pyridine rings is 1. The van der Waals surface area contributed by atoms with E-state index in [1.807, 2.05) is 20.8 Å². The lowest BCUT2D eigenvalue weighted by Crippen LogP contribution is -2.43. The molecule has 0 N–H and O–H groups in total. The van der Waals surface area contributed by atoms with Crippen LogP contribution in [0.15, 0.2) is 12.1 Å². The van der Waals surface area contributed by atoms with Crippen molar-refractivity contribution in [1.29, 1.82) is 0 Å². The monoisotopic (exact) mass is 358 g/mol. The highest BCUT2D eigenvalue weighted by molar-refractivity contribution is 6.34. The van der Waals surface area contributed by atoms with Gasteiger partial charge in [0.15, 0.2) is 5.78 Å². The number of ether oxygens (including phenoxy) is 1. The molecule has 0 saturated carbocycles. The highest BCUT2D eigenvalue weighted by Crippen LogP contribution is 2.24. The molecular formula is C16H20Cl2N2O3. The van der Waals surface area contributed by atoms with Crippen molar-refractivity contribution < 1.29 is 14.3 Å². The second-order valence-corrected chi connectivity index (χ2v) is 7.42. The minimum atomic E-state index is -0.523. The number of aromatic nitrogens is 1. The second-order valence-electron chi connectivity index (χ2n) is 6.60. The molecule has 23 heavy (non-hydrogen) atoms. The van der Waals surface area contributed by atoms with Gasteiger partial charge in [0.1, 0.15) is 16.4 Å². The highest BCUT2D eigenvalue weighted by Gasteiger charge is 2.31. The first kappa shape index (κ1) is 18.0. The zero-order chi connectivity index (χ0) is 17.2. The van der Waals surface area contributed by atoms with Gasteiger partial charge in [-0.2, -0.15) is 0 Å². The van der Waals surface area contributed by atoms with Crippen LogP contribution in [-0.4, -0.2) is 40.5 Å². The second kappa shape index (κ2) is 7.05. The van der Waals surface area contributed by atoms with Gasteiger partial charge >= 0.3 is 6.09 Å². The van der Waals surface area contributed by atoms with E-state index in [1.54, 1.807) is 4.90 Å². The molecule has 1 saturated heterocycles. The minimum Gasteiger partial charge on any atom is -0.444 e. The van der Waals surface area contributed by atoms with E-state index in [0.29, 0.717) is 31.0 Å². The fraction of sp³-hybridized carbons (Fsp3) is 0.562. The molecular weight excluding hydrogens is 339 g/mol. The first-order chi connectivity index (χ1) is 10.7. The number of nitrogens with zero attached hydrogens (tertiary/aromatic N) is 2. The summed E-state index contributed by atoms with van der Waals surface area (Å²) in [6.07, 6.45) is 0.806. The standard InChI is InChI=1S/C16H20Cl2N2O3/c1-16(2,3)23-15(22)20-6-4-10(5-7-20)14(21)12-8-11(17)9-13(18)19-12/h8-10H,4-7H2,1-3H3. The lowest BCUT2D eigenvalue weighted by atomic mass is 9.91. The van der Waals surface area contributed by atoms with E-state index in [4.69, 9.17) is 27.9 Å². The van der Waals surface area contributed by atoms with Crippen molar-refractivity contribution in [3.63, 3.8) is 0 Å². The Balaban J connectivity index is 1.96. The Kier molecular flexibility index (Phi) is 5.53. The Labute approximate surface area is 145 Å². The van der Waals surface area contributed by atoms with Crippen LogP contribution in [-0.2, 0) is 4.74 Å². The number of hydrogen-bond donors (Lipinski definition) is 0. The van der Waals surface area contributed by atoms with E-state index in [2.05, 4.69) is 4.98 Å². The molecule has 2 heterocycles. The van der Waals surface area contributed by atoms with E-state index in [-0.39, 0.29) is 28.6 Å². The van der Waals surface area contributed by atoms with E-state index in [1.165, 1.54) is 12.1 Å². The van der Waals surface area contributed by atoms with Crippen LogP contribution in [0.25, 0.3) is 0 Å². The Bertz CT molecular complexity index is 586. The van der Waals surface area contributed by atoms with E-state index in [0.717, 1.165) is 0 Å². The number of carbonyl (C=O) groups is 2. The van der Waals surface area contributed by atoms with Crippen LogP contribution in [0.1, 0.15) is 44.1 Å². The maximum atomic E-state index is 12.5. The number of hydrogen-bond acceptors (Lipinski definition) is 4. The molecule has 0 aliphatic carbocycles. The summed E-state index contributed by atoms with van der Waals surface area (Å²) in [5, 5.41) is 0.589. The quantitative estimate of drug-likeness (QED) is 0.586. The average molecular weight is 359 g/mol. The third-order valence-electron chi connectivity index (χ3n) is 3.53. The maximum Gasteiger partial charge on any atom is 0.410 e. The number of ketones is 1. The summed E-state index contributed by atoms with van der Waals surface area (Å²) in [5.74, 6) is -0.269. The molecule has 0 atom stereocenters. The molecule has 5 nitrogen and oxygen atoms in total. The molecule has 7 heteroatoms. The van der Waals surface area contributed by atoms with Crippen LogP contribution in [0.5, 0.6) is 0 Å². The van der Waals surface area contributed by atoms with E-state index >= 15 is 0 Å². The van der Waals surface area contributed by atoms with E-state index in [9.17, 15) is 9.59 Å². The Morgan fingerprint density at radius 1 is 1.22 bits per heavy atom. The molecule has 1 aliphatic heterocycles. The molecule has 0 aromatic carbocycles. The van der Waals surface area contributed by atoms with E-state index < -0.39 is 5.60 Å². The molecule has 1 fully saturated rings. The summed E-state index contributed by atoms with van der Waals surface area (Å²) < 4.78 is 5.34. The predicted molar refractivity (Wildman–Crippen MR) is 89.1 cm³/mol. The number of piperidine rings is 1. The molecule has 2 rings (SSSR count). The van der Waals surface area contributed by atoms with Gasteiger partial charge in [-0.15, -0.1) is 0 Å². The van der Waals surface area contributed by atoms with Gasteiger partial charge in [-0.3, -0.25) is 4.79 Å². The zero-order valence-electron chi connectivity index (χ0n) is 13.4. The van der Waals surface area contributed by atoms with Crippen LogP contribution in [0.3, 0.4) is 0 Å². The molecule has 1 aromatic rings. The summed E-state index contributed by atoms with van der Waals surface area (Å²) in [4.78, 5) is 30.2. The smallest absolute Gasteiger partial charge is 0.410 e. The normalized spacial score (nSPS) is 16.3. The van der Waals surface area contributed by atoms with Crippen molar-refractivity contribution in [2.45, 2.75) is 39.2 Å². The topological polar surface area (TPSA) is 59.5 Å². The molecule has 0 unspecified atom stereocenters. The number of carbonyl (C=O) groups excluding carboxylic acids is 2. The number of rotatable bonds is 2. The van der Waals surface area contributed by atoms with Gasteiger partial charge in [0.25, 0.3) is 0 Å². The van der Waals surface area contributed by atoms with Gasteiger partial charge in [0.2, 0.25) is 0 Å². The summed E-state index contributed by atoms with van der Waals surface area (Å²) in [6.45, 7) is 6.46. The summed E-state index contributed by atoms with van der Waals surface area (Å²) in [5.41, 5.74) is -0.246. The number of halogens is 2. The molecule has 1 amide bonds. The lowest BCUT2D eigenvalue weighted by Gasteiger charge is -2.32. The van der Waals surface area contributed by atoms with Gasteiger partial charge in [0.05, 0.1) is 0 Å². The Morgan fingerprint density at radius 2 is 1.83 bits per heavy atom. The number of Topliss-reactive ketones (excluding diaryl/α,β-unsaturated/α-hetero) is 1. The molecule has 126 valence electrons. The fourth-order valence-electron chi connectivity index (χ4n) is 2.45. The third-order valence-corrected chi connectivity index (χ3v) is 3.94. The van der Waals surface area contributed by atoms with Crippen LogP contribution in [0.4, 0.5) is 4.79 Å². The average Bonchev–Trinajstić information content (AvgIpc) is 2.44. The molecule has 1 aliphatic rings. The maximum absolute atomic E-state index is 12.5. The van der Waals surface area contributed by atoms with Gasteiger partial charge in [-0.25, -0.2) is 9.78 Å². The van der Waals surface area contributed by atoms with Crippen molar-refractivity contribution in [2.24, 2.45) is 5.92 Å². The van der Waals surface area contributed by atoms with Crippen molar-refractivity contribution in [1.82, 2.24) is 9.88 Å². The summed E-state index contributed by atoms with van der Waals surface area (Å²) in [6, 6.07) is 3.01. The SMILES string of the molecule is CC(C)(C)OC(=O)N1CCC(C(=O)c2cc(Cl)cc(Cl)n2)CC1. The molecule has 0 spiro atoms. The fourth-order valence-corrected chi connectivity index (χ4v) is 2.92. The summed E-state index contributed by atoms with van der Waals surface area (Å²) in [7, 11) is 0. The summed E-state index contributed by atoms with van der Waals surface area (Å²) >= 11 is 11.8. The third kappa shape index (κ3) is 5.08. The van der Waals surface area contributed by atoms with Gasteiger partial charge < -0.3 is 9.64 Å². The number of amides is 1. The Hall–Kier alpha value is -1.33. The zero-order valence-corrected chi connectivity index (χ0v) is 14.9. The largest absolute Gasteiger partial charge is 0.444 e. The lowest BCUT2D eigenvalue weighted by molar-refractivity contribution is 0.0182. The first-order valence-electron chi connectivity index (χ1n) is 7.51. The molecule has 0 radical (unpaired) electrons. The number of likely N-dealkylation sites (tertiary alicyclic amines) is 1. The molecule has 1 aromatic heterocycles. The van der Waals surface area contributed by atoms with Gasteiger partial charge in [0, 0.05) is 24.0 Å².